The van der Waals surface area contributed by atoms with E-state index in [-0.39, 0.29) is 5.60 Å². The van der Waals surface area contributed by atoms with Gasteiger partial charge in [0.1, 0.15) is 0 Å². The molecule has 17 heavy (non-hydrogen) atoms. The molecule has 5 heteroatoms. The standard InChI is InChI=1S/C12H25N3O2/c1-4-13-11(14-5-2)15-10-12(16-3)6-8-17-9-7-12/h4-10H2,1-3H3,(H2,13,14,15). The Hall–Kier alpha value is -0.810. The molecule has 100 valence electrons. The van der Waals surface area contributed by atoms with Crippen molar-refractivity contribution in [3.63, 3.8) is 0 Å². The van der Waals surface area contributed by atoms with Gasteiger partial charge in [-0.05, 0) is 13.8 Å². The van der Waals surface area contributed by atoms with Crippen LogP contribution in [-0.4, -0.2) is 51.5 Å². The third-order valence-corrected chi connectivity index (χ3v) is 3.05. The van der Waals surface area contributed by atoms with Crippen LogP contribution in [0.2, 0.25) is 0 Å². The number of hydrogen-bond donors (Lipinski definition) is 2. The van der Waals surface area contributed by atoms with Crippen molar-refractivity contribution in [3.05, 3.63) is 0 Å². The summed E-state index contributed by atoms with van der Waals surface area (Å²) in [6, 6.07) is 0. The number of methoxy groups -OCH3 is 1. The van der Waals surface area contributed by atoms with Gasteiger partial charge in [0.05, 0.1) is 12.1 Å². The highest BCUT2D eigenvalue weighted by Crippen LogP contribution is 2.24. The molecule has 0 aliphatic carbocycles. The van der Waals surface area contributed by atoms with Gasteiger partial charge in [-0.25, -0.2) is 0 Å². The fourth-order valence-electron chi connectivity index (χ4n) is 1.90. The minimum absolute atomic E-state index is 0.145. The molecule has 0 bridgehead atoms. The fourth-order valence-corrected chi connectivity index (χ4v) is 1.90. The number of hydrogen-bond acceptors (Lipinski definition) is 3. The Morgan fingerprint density at radius 2 is 1.82 bits per heavy atom. The van der Waals surface area contributed by atoms with Crippen LogP contribution in [0.25, 0.3) is 0 Å². The van der Waals surface area contributed by atoms with Gasteiger partial charge in [-0.15, -0.1) is 0 Å². The molecule has 0 amide bonds. The minimum atomic E-state index is -0.145. The molecule has 0 aromatic heterocycles. The molecule has 0 unspecified atom stereocenters. The van der Waals surface area contributed by atoms with Crippen LogP contribution in [0.15, 0.2) is 4.99 Å². The second kappa shape index (κ2) is 7.50. The summed E-state index contributed by atoms with van der Waals surface area (Å²) in [5, 5.41) is 6.43. The molecule has 5 nitrogen and oxygen atoms in total. The van der Waals surface area contributed by atoms with Gasteiger partial charge in [0.15, 0.2) is 5.96 Å². The molecule has 0 radical (unpaired) electrons. The number of nitrogens with zero attached hydrogens (tertiary/aromatic N) is 1. The summed E-state index contributed by atoms with van der Waals surface area (Å²) in [4.78, 5) is 4.58. The van der Waals surface area contributed by atoms with Crippen molar-refractivity contribution < 1.29 is 9.47 Å². The molecular weight excluding hydrogens is 218 g/mol. The first-order valence-corrected chi connectivity index (χ1v) is 6.41. The zero-order chi connectivity index (χ0) is 12.6. The molecule has 0 aromatic rings. The van der Waals surface area contributed by atoms with Gasteiger partial charge in [-0.2, -0.15) is 0 Å². The number of guanidine groups is 1. The molecule has 1 aliphatic rings. The van der Waals surface area contributed by atoms with Crippen molar-refractivity contribution in [3.8, 4) is 0 Å². The van der Waals surface area contributed by atoms with E-state index in [2.05, 4.69) is 29.5 Å². The van der Waals surface area contributed by atoms with Crippen LogP contribution < -0.4 is 10.6 Å². The predicted molar refractivity (Wildman–Crippen MR) is 69.4 cm³/mol. The largest absolute Gasteiger partial charge is 0.381 e. The SMILES string of the molecule is CCNC(=NCC1(OC)CCOCC1)NCC. The summed E-state index contributed by atoms with van der Waals surface area (Å²) in [5.41, 5.74) is -0.145. The minimum Gasteiger partial charge on any atom is -0.381 e. The van der Waals surface area contributed by atoms with Gasteiger partial charge in [0.2, 0.25) is 0 Å². The summed E-state index contributed by atoms with van der Waals surface area (Å²) in [6.07, 6.45) is 1.83. The molecule has 1 fully saturated rings. The first kappa shape index (κ1) is 14.3. The highest BCUT2D eigenvalue weighted by atomic mass is 16.5. The third-order valence-electron chi connectivity index (χ3n) is 3.05. The molecule has 0 spiro atoms. The predicted octanol–water partition coefficient (Wildman–Crippen LogP) is 0.757. The summed E-state index contributed by atoms with van der Waals surface area (Å²) in [7, 11) is 1.76. The van der Waals surface area contributed by atoms with Gasteiger partial charge >= 0.3 is 0 Å². The average Bonchev–Trinajstić information content (AvgIpc) is 2.38. The zero-order valence-corrected chi connectivity index (χ0v) is 11.2. The van der Waals surface area contributed by atoms with Crippen LogP contribution in [0, 0.1) is 0 Å². The van der Waals surface area contributed by atoms with E-state index in [0.717, 1.165) is 45.1 Å². The molecule has 0 aromatic carbocycles. The van der Waals surface area contributed by atoms with Gasteiger partial charge in [-0.1, -0.05) is 0 Å². The van der Waals surface area contributed by atoms with Crippen LogP contribution >= 0.6 is 0 Å². The number of aliphatic imine (C=N–C) groups is 1. The highest BCUT2D eigenvalue weighted by molar-refractivity contribution is 5.79. The van der Waals surface area contributed by atoms with Crippen LogP contribution in [-0.2, 0) is 9.47 Å². The molecular formula is C12H25N3O2. The second-order valence-electron chi connectivity index (χ2n) is 4.23. The third kappa shape index (κ3) is 4.52. The molecule has 1 aliphatic heterocycles. The van der Waals surface area contributed by atoms with Crippen molar-refractivity contribution >= 4 is 5.96 Å². The molecule has 1 rings (SSSR count). The Kier molecular flexibility index (Phi) is 6.29. The first-order chi connectivity index (χ1) is 8.26. The number of nitrogens with one attached hydrogen (secondary N) is 2. The van der Waals surface area contributed by atoms with Crippen molar-refractivity contribution in [1.82, 2.24) is 10.6 Å². The van der Waals surface area contributed by atoms with E-state index in [1.165, 1.54) is 0 Å². The van der Waals surface area contributed by atoms with Crippen molar-refractivity contribution in [2.75, 3.05) is 40.0 Å². The van der Waals surface area contributed by atoms with Gasteiger partial charge in [0.25, 0.3) is 0 Å². The Morgan fingerprint density at radius 1 is 1.24 bits per heavy atom. The van der Waals surface area contributed by atoms with E-state index >= 15 is 0 Å². The van der Waals surface area contributed by atoms with Gasteiger partial charge < -0.3 is 20.1 Å². The van der Waals surface area contributed by atoms with Crippen LogP contribution in [0.1, 0.15) is 26.7 Å². The Balaban J connectivity index is 2.55. The number of ether oxygens (including phenoxy) is 2. The smallest absolute Gasteiger partial charge is 0.191 e. The second-order valence-corrected chi connectivity index (χ2v) is 4.23. The molecule has 2 N–H and O–H groups in total. The maximum absolute atomic E-state index is 5.64. The topological polar surface area (TPSA) is 54.9 Å². The quantitative estimate of drug-likeness (QED) is 0.553. The number of rotatable bonds is 5. The lowest BCUT2D eigenvalue weighted by Crippen LogP contribution is -2.43. The van der Waals surface area contributed by atoms with E-state index in [4.69, 9.17) is 9.47 Å². The van der Waals surface area contributed by atoms with Crippen molar-refractivity contribution in [1.29, 1.82) is 0 Å². The maximum Gasteiger partial charge on any atom is 0.191 e. The van der Waals surface area contributed by atoms with E-state index in [1.807, 2.05) is 0 Å². The Labute approximate surface area is 104 Å². The average molecular weight is 243 g/mol. The normalized spacial score (nSPS) is 18.5. The summed E-state index contributed by atoms with van der Waals surface area (Å²) < 4.78 is 11.0. The molecule has 1 saturated heterocycles. The van der Waals surface area contributed by atoms with Gasteiger partial charge in [0, 0.05) is 46.3 Å². The molecule has 0 saturated carbocycles. The van der Waals surface area contributed by atoms with E-state index in [1.54, 1.807) is 7.11 Å². The van der Waals surface area contributed by atoms with Crippen LogP contribution in [0.3, 0.4) is 0 Å². The molecule has 1 heterocycles. The summed E-state index contributed by atoms with van der Waals surface area (Å²) in [6.45, 7) is 8.08. The van der Waals surface area contributed by atoms with Crippen LogP contribution in [0.5, 0.6) is 0 Å². The molecule has 0 atom stereocenters. The lowest BCUT2D eigenvalue weighted by Gasteiger charge is -2.34. The summed E-state index contributed by atoms with van der Waals surface area (Å²) >= 11 is 0. The van der Waals surface area contributed by atoms with E-state index < -0.39 is 0 Å². The van der Waals surface area contributed by atoms with Crippen LogP contribution in [0.4, 0.5) is 0 Å². The Bertz CT molecular complexity index is 230. The summed E-state index contributed by atoms with van der Waals surface area (Å²) in [5.74, 6) is 0.859. The monoisotopic (exact) mass is 243 g/mol. The van der Waals surface area contributed by atoms with E-state index in [9.17, 15) is 0 Å². The lowest BCUT2D eigenvalue weighted by molar-refractivity contribution is -0.0828. The van der Waals surface area contributed by atoms with E-state index in [0.29, 0.717) is 6.54 Å². The van der Waals surface area contributed by atoms with Crippen molar-refractivity contribution in [2.24, 2.45) is 4.99 Å². The first-order valence-electron chi connectivity index (χ1n) is 6.41. The fraction of sp³-hybridized carbons (Fsp3) is 0.917. The maximum atomic E-state index is 5.64. The highest BCUT2D eigenvalue weighted by Gasteiger charge is 2.32. The van der Waals surface area contributed by atoms with Crippen molar-refractivity contribution in [2.45, 2.75) is 32.3 Å². The zero-order valence-electron chi connectivity index (χ0n) is 11.2. The lowest BCUT2D eigenvalue weighted by atomic mass is 9.94. The Morgan fingerprint density at radius 3 is 2.29 bits per heavy atom. The van der Waals surface area contributed by atoms with Gasteiger partial charge in [-0.3, -0.25) is 4.99 Å².